The smallest absolute Gasteiger partial charge is 0.229 e. The highest BCUT2D eigenvalue weighted by Crippen LogP contribution is 2.35. The highest BCUT2D eigenvalue weighted by molar-refractivity contribution is 7.92. The minimum absolute atomic E-state index is 0.169. The molecule has 9 heteroatoms. The van der Waals surface area contributed by atoms with E-state index in [-0.39, 0.29) is 6.04 Å². The van der Waals surface area contributed by atoms with Crippen molar-refractivity contribution in [3.8, 4) is 0 Å². The third-order valence-corrected chi connectivity index (χ3v) is 5.78. The van der Waals surface area contributed by atoms with Crippen LogP contribution in [-0.2, 0) is 16.4 Å². The van der Waals surface area contributed by atoms with Crippen LogP contribution in [-0.4, -0.2) is 34.4 Å². The fraction of sp³-hybridized carbons (Fsp3) is 0.190. The third-order valence-electron chi connectivity index (χ3n) is 5.17. The van der Waals surface area contributed by atoms with Gasteiger partial charge >= 0.3 is 0 Å². The van der Waals surface area contributed by atoms with E-state index in [2.05, 4.69) is 44.4 Å². The second-order valence-corrected chi connectivity index (χ2v) is 9.14. The van der Waals surface area contributed by atoms with Gasteiger partial charge in [0, 0.05) is 17.6 Å². The van der Waals surface area contributed by atoms with Crippen LogP contribution in [0.1, 0.15) is 23.6 Å². The molecule has 2 N–H and O–H groups in total. The van der Waals surface area contributed by atoms with Crippen LogP contribution in [0.15, 0.2) is 60.9 Å². The van der Waals surface area contributed by atoms with E-state index >= 15 is 0 Å². The fourth-order valence-electron chi connectivity index (χ4n) is 3.88. The number of hydrogen-bond donors (Lipinski definition) is 2. The van der Waals surface area contributed by atoms with Crippen molar-refractivity contribution in [2.45, 2.75) is 18.9 Å². The molecule has 0 aliphatic heterocycles. The van der Waals surface area contributed by atoms with Gasteiger partial charge in [0.15, 0.2) is 5.65 Å². The van der Waals surface area contributed by atoms with Crippen LogP contribution in [0, 0.1) is 0 Å². The van der Waals surface area contributed by atoms with E-state index in [1.165, 1.54) is 11.1 Å². The Kier molecular flexibility index (Phi) is 4.39. The van der Waals surface area contributed by atoms with E-state index in [4.69, 9.17) is 4.98 Å². The highest BCUT2D eigenvalue weighted by Gasteiger charge is 2.26. The summed E-state index contributed by atoms with van der Waals surface area (Å²) in [4.78, 5) is 9.08. The Morgan fingerprint density at radius 2 is 1.80 bits per heavy atom. The fourth-order valence-corrected chi connectivity index (χ4v) is 4.44. The lowest BCUT2D eigenvalue weighted by atomic mass is 10.1. The zero-order valence-corrected chi connectivity index (χ0v) is 17.1. The van der Waals surface area contributed by atoms with E-state index in [1.807, 2.05) is 4.68 Å². The summed E-state index contributed by atoms with van der Waals surface area (Å²) in [6, 6.07) is 15.5. The maximum atomic E-state index is 11.3. The number of sulfonamides is 1. The normalized spacial score (nSPS) is 15.8. The SMILES string of the molecule is CS(=O)(=O)Nc1ccc(Nc2ncc3cnn([C@@H]4CCc5ccccc54)c3n2)cc1. The minimum atomic E-state index is -3.31. The maximum absolute atomic E-state index is 11.3. The van der Waals surface area contributed by atoms with Crippen molar-refractivity contribution in [3.05, 3.63) is 72.1 Å². The number of rotatable bonds is 5. The van der Waals surface area contributed by atoms with E-state index in [9.17, 15) is 8.42 Å². The Morgan fingerprint density at radius 1 is 1.03 bits per heavy atom. The van der Waals surface area contributed by atoms with Gasteiger partial charge in [-0.05, 0) is 48.2 Å². The van der Waals surface area contributed by atoms with Gasteiger partial charge in [0.2, 0.25) is 16.0 Å². The van der Waals surface area contributed by atoms with E-state index in [1.54, 1.807) is 36.7 Å². The van der Waals surface area contributed by atoms with Crippen LogP contribution >= 0.6 is 0 Å². The molecule has 4 aromatic rings. The molecule has 0 saturated heterocycles. The summed E-state index contributed by atoms with van der Waals surface area (Å²) in [7, 11) is -3.31. The lowest BCUT2D eigenvalue weighted by Gasteiger charge is -2.13. The predicted octanol–water partition coefficient (Wildman–Crippen LogP) is 3.48. The highest BCUT2D eigenvalue weighted by atomic mass is 32.2. The predicted molar refractivity (Wildman–Crippen MR) is 116 cm³/mol. The molecule has 0 saturated carbocycles. The summed E-state index contributed by atoms with van der Waals surface area (Å²) in [5, 5.41) is 8.65. The van der Waals surface area contributed by atoms with Gasteiger partial charge in [-0.1, -0.05) is 24.3 Å². The molecule has 1 aliphatic carbocycles. The van der Waals surface area contributed by atoms with Gasteiger partial charge in [0.25, 0.3) is 0 Å². The standard InChI is InChI=1S/C21H20N6O2S/c1-30(28,29)26-17-9-7-16(8-10-17)24-21-22-12-15-13-23-27(20(15)25-21)19-11-6-14-4-2-3-5-18(14)19/h2-5,7-10,12-13,19,26H,6,11H2,1H3,(H,22,24,25)/t19-/m1/s1. The molecule has 0 amide bonds. The average molecular weight is 420 g/mol. The van der Waals surface area contributed by atoms with Crippen molar-refractivity contribution in [1.29, 1.82) is 0 Å². The van der Waals surface area contributed by atoms with Gasteiger partial charge in [-0.3, -0.25) is 4.72 Å². The van der Waals surface area contributed by atoms with Gasteiger partial charge in [-0.2, -0.15) is 10.1 Å². The van der Waals surface area contributed by atoms with Gasteiger partial charge in [-0.15, -0.1) is 0 Å². The molecule has 0 bridgehead atoms. The summed E-state index contributed by atoms with van der Waals surface area (Å²) in [6.07, 6.45) is 6.71. The molecular weight excluding hydrogens is 400 g/mol. The van der Waals surface area contributed by atoms with Crippen molar-refractivity contribution >= 4 is 38.4 Å². The quantitative estimate of drug-likeness (QED) is 0.513. The van der Waals surface area contributed by atoms with E-state index in [0.29, 0.717) is 11.6 Å². The molecule has 1 aliphatic rings. The first-order valence-electron chi connectivity index (χ1n) is 9.59. The number of aryl methyl sites for hydroxylation is 1. The molecule has 8 nitrogen and oxygen atoms in total. The van der Waals surface area contributed by atoms with Gasteiger partial charge in [-0.25, -0.2) is 18.1 Å². The Morgan fingerprint density at radius 3 is 2.60 bits per heavy atom. The number of benzene rings is 2. The molecule has 0 radical (unpaired) electrons. The lowest BCUT2D eigenvalue weighted by Crippen LogP contribution is -2.10. The molecular formula is C21H20N6O2S. The summed E-state index contributed by atoms with van der Waals surface area (Å²) in [5.41, 5.74) is 4.69. The molecule has 2 aromatic carbocycles. The van der Waals surface area contributed by atoms with Crippen LogP contribution in [0.25, 0.3) is 11.0 Å². The molecule has 30 heavy (non-hydrogen) atoms. The number of nitrogens with zero attached hydrogens (tertiary/aromatic N) is 4. The Labute approximate surface area is 174 Å². The zero-order chi connectivity index (χ0) is 20.7. The molecule has 1 atom stereocenters. The van der Waals surface area contributed by atoms with E-state index in [0.717, 1.165) is 35.8 Å². The summed E-state index contributed by atoms with van der Waals surface area (Å²) < 4.78 is 27.1. The first kappa shape index (κ1) is 18.6. The Hall–Kier alpha value is -3.46. The second-order valence-electron chi connectivity index (χ2n) is 7.39. The van der Waals surface area contributed by atoms with Crippen molar-refractivity contribution in [1.82, 2.24) is 19.7 Å². The molecule has 152 valence electrons. The number of aromatic nitrogens is 4. The van der Waals surface area contributed by atoms with Crippen LogP contribution in [0.5, 0.6) is 0 Å². The molecule has 0 fully saturated rings. The monoisotopic (exact) mass is 420 g/mol. The van der Waals surface area contributed by atoms with Crippen LogP contribution in [0.4, 0.5) is 17.3 Å². The second kappa shape index (κ2) is 7.10. The van der Waals surface area contributed by atoms with Gasteiger partial charge in [0.1, 0.15) is 0 Å². The molecule has 2 aromatic heterocycles. The van der Waals surface area contributed by atoms with Crippen LogP contribution in [0.3, 0.4) is 0 Å². The van der Waals surface area contributed by atoms with Crippen molar-refractivity contribution in [2.24, 2.45) is 0 Å². The topological polar surface area (TPSA) is 102 Å². The molecule has 0 unspecified atom stereocenters. The summed E-state index contributed by atoms with van der Waals surface area (Å²) in [5.74, 6) is 0.458. The van der Waals surface area contributed by atoms with E-state index < -0.39 is 10.0 Å². The summed E-state index contributed by atoms with van der Waals surface area (Å²) >= 11 is 0. The lowest BCUT2D eigenvalue weighted by molar-refractivity contribution is 0.533. The third kappa shape index (κ3) is 3.59. The molecule has 0 spiro atoms. The Balaban J connectivity index is 1.42. The number of anilines is 3. The van der Waals surface area contributed by atoms with Crippen molar-refractivity contribution < 1.29 is 8.42 Å². The number of hydrogen-bond acceptors (Lipinski definition) is 6. The number of fused-ring (bicyclic) bond motifs is 2. The minimum Gasteiger partial charge on any atom is -0.324 e. The zero-order valence-electron chi connectivity index (χ0n) is 16.3. The van der Waals surface area contributed by atoms with Crippen LogP contribution in [0.2, 0.25) is 0 Å². The molecule has 5 rings (SSSR count). The van der Waals surface area contributed by atoms with Crippen molar-refractivity contribution in [2.75, 3.05) is 16.3 Å². The molecule has 2 heterocycles. The number of nitrogens with one attached hydrogen (secondary N) is 2. The van der Waals surface area contributed by atoms with Crippen molar-refractivity contribution in [3.63, 3.8) is 0 Å². The van der Waals surface area contributed by atoms with Crippen LogP contribution < -0.4 is 10.0 Å². The average Bonchev–Trinajstić information content (AvgIpc) is 3.32. The maximum Gasteiger partial charge on any atom is 0.229 e. The summed E-state index contributed by atoms with van der Waals surface area (Å²) in [6.45, 7) is 0. The van der Waals surface area contributed by atoms with Gasteiger partial charge < -0.3 is 5.32 Å². The largest absolute Gasteiger partial charge is 0.324 e. The van der Waals surface area contributed by atoms with Gasteiger partial charge in [0.05, 0.1) is 23.9 Å². The first-order chi connectivity index (χ1) is 14.5. The Bertz CT molecular complexity index is 1330. The first-order valence-corrected chi connectivity index (χ1v) is 11.5.